The van der Waals surface area contributed by atoms with E-state index in [9.17, 15) is 14.7 Å². The first-order valence-electron chi connectivity index (χ1n) is 6.61. The molecule has 0 saturated carbocycles. The Morgan fingerprint density at radius 1 is 1.43 bits per heavy atom. The van der Waals surface area contributed by atoms with Crippen molar-refractivity contribution in [3.05, 3.63) is 42.0 Å². The lowest BCUT2D eigenvalue weighted by Crippen LogP contribution is -2.38. The van der Waals surface area contributed by atoms with Crippen molar-refractivity contribution in [1.82, 2.24) is 0 Å². The monoisotopic (exact) mass is 291 g/mol. The Hall–Kier alpha value is -2.34. The van der Waals surface area contributed by atoms with Crippen LogP contribution in [0.25, 0.3) is 0 Å². The lowest BCUT2D eigenvalue weighted by Gasteiger charge is -2.22. The van der Waals surface area contributed by atoms with Crippen LogP contribution in [0.3, 0.4) is 0 Å². The van der Waals surface area contributed by atoms with Gasteiger partial charge in [-0.25, -0.2) is 4.79 Å². The van der Waals surface area contributed by atoms with E-state index < -0.39 is 18.2 Å². The van der Waals surface area contributed by atoms with Crippen molar-refractivity contribution in [1.29, 1.82) is 0 Å². The standard InChI is InChI=1S/C15H17NO5/c1-2-3-12(17)14-11(8-13(18)21-14)16-10-6-4-9(5-7-10)15(19)20/h2-7,11-12,14,16-17H,8H2,1H3,(H,19,20)/t11-,12+,14-/m1/s1. The van der Waals surface area contributed by atoms with Gasteiger partial charge in [0.25, 0.3) is 0 Å². The van der Waals surface area contributed by atoms with Crippen molar-refractivity contribution in [2.24, 2.45) is 0 Å². The molecule has 0 amide bonds. The predicted molar refractivity (Wildman–Crippen MR) is 76.1 cm³/mol. The molecule has 0 unspecified atom stereocenters. The summed E-state index contributed by atoms with van der Waals surface area (Å²) in [5, 5.41) is 21.9. The molecule has 1 saturated heterocycles. The van der Waals surface area contributed by atoms with E-state index in [-0.39, 0.29) is 24.0 Å². The number of carboxylic acid groups (broad SMARTS) is 1. The van der Waals surface area contributed by atoms with E-state index in [0.717, 1.165) is 0 Å². The molecule has 21 heavy (non-hydrogen) atoms. The zero-order valence-electron chi connectivity index (χ0n) is 11.5. The number of carbonyl (C=O) groups is 2. The normalized spacial score (nSPS) is 23.0. The van der Waals surface area contributed by atoms with Gasteiger partial charge in [0.1, 0.15) is 6.10 Å². The minimum atomic E-state index is -0.998. The second-order valence-electron chi connectivity index (χ2n) is 4.81. The highest BCUT2D eigenvalue weighted by molar-refractivity contribution is 5.88. The number of ether oxygens (including phenoxy) is 1. The molecule has 3 N–H and O–H groups in total. The van der Waals surface area contributed by atoms with Crippen molar-refractivity contribution in [2.45, 2.75) is 31.6 Å². The molecule has 0 aliphatic carbocycles. The molecule has 6 heteroatoms. The first kappa shape index (κ1) is 15.1. The average Bonchev–Trinajstić information content (AvgIpc) is 2.80. The number of aliphatic hydroxyl groups excluding tert-OH is 1. The van der Waals surface area contributed by atoms with Gasteiger partial charge in [-0.15, -0.1) is 0 Å². The molecule has 2 rings (SSSR count). The maximum absolute atomic E-state index is 11.4. The number of allylic oxidation sites excluding steroid dienone is 1. The molecule has 0 spiro atoms. The number of nitrogens with one attached hydrogen (secondary N) is 1. The van der Waals surface area contributed by atoms with Crippen molar-refractivity contribution in [2.75, 3.05) is 5.32 Å². The Labute approximate surface area is 122 Å². The van der Waals surface area contributed by atoms with Gasteiger partial charge >= 0.3 is 11.9 Å². The zero-order valence-corrected chi connectivity index (χ0v) is 11.5. The molecule has 0 aromatic heterocycles. The van der Waals surface area contributed by atoms with Crippen molar-refractivity contribution < 1.29 is 24.5 Å². The number of carbonyl (C=O) groups excluding carboxylic acids is 1. The van der Waals surface area contributed by atoms with Crippen molar-refractivity contribution >= 4 is 17.6 Å². The Morgan fingerprint density at radius 3 is 2.67 bits per heavy atom. The third-order valence-corrected chi connectivity index (χ3v) is 3.26. The molecule has 0 radical (unpaired) electrons. The van der Waals surface area contributed by atoms with Crippen molar-refractivity contribution in [3.63, 3.8) is 0 Å². The molecule has 3 atom stereocenters. The van der Waals surface area contributed by atoms with Crippen LogP contribution in [-0.2, 0) is 9.53 Å². The summed E-state index contributed by atoms with van der Waals surface area (Å²) >= 11 is 0. The number of benzene rings is 1. The quantitative estimate of drug-likeness (QED) is 0.561. The number of aliphatic hydroxyl groups is 1. The summed E-state index contributed by atoms with van der Waals surface area (Å²) < 4.78 is 5.13. The van der Waals surface area contributed by atoms with Gasteiger partial charge < -0.3 is 20.3 Å². The summed E-state index contributed by atoms with van der Waals surface area (Å²) in [4.78, 5) is 22.2. The van der Waals surface area contributed by atoms with Gasteiger partial charge in [0.2, 0.25) is 0 Å². The highest BCUT2D eigenvalue weighted by Crippen LogP contribution is 2.23. The lowest BCUT2D eigenvalue weighted by molar-refractivity contribution is -0.144. The van der Waals surface area contributed by atoms with E-state index >= 15 is 0 Å². The second-order valence-corrected chi connectivity index (χ2v) is 4.81. The molecule has 0 bridgehead atoms. The Balaban J connectivity index is 2.09. The minimum absolute atomic E-state index is 0.153. The van der Waals surface area contributed by atoms with Gasteiger partial charge in [-0.05, 0) is 31.2 Å². The molecule has 1 aliphatic rings. The number of hydrogen-bond donors (Lipinski definition) is 3. The SMILES string of the molecule is CC=C[C@H](O)[C@@H]1OC(=O)C[C@H]1Nc1ccc(C(=O)O)cc1. The van der Waals surface area contributed by atoms with Crippen LogP contribution in [0.4, 0.5) is 5.69 Å². The Morgan fingerprint density at radius 2 is 2.10 bits per heavy atom. The average molecular weight is 291 g/mol. The molecule has 1 aromatic carbocycles. The molecule has 1 aromatic rings. The second kappa shape index (κ2) is 6.41. The number of carboxylic acids is 1. The van der Waals surface area contributed by atoms with Crippen LogP contribution in [0.5, 0.6) is 0 Å². The van der Waals surface area contributed by atoms with E-state index in [1.807, 2.05) is 0 Å². The van der Waals surface area contributed by atoms with Gasteiger partial charge in [0, 0.05) is 5.69 Å². The van der Waals surface area contributed by atoms with Crippen molar-refractivity contribution in [3.8, 4) is 0 Å². The smallest absolute Gasteiger partial charge is 0.335 e. The molecule has 112 valence electrons. The Kier molecular flexibility index (Phi) is 4.59. The highest BCUT2D eigenvalue weighted by atomic mass is 16.6. The first-order valence-corrected chi connectivity index (χ1v) is 6.61. The summed E-state index contributed by atoms with van der Waals surface area (Å²) in [5.41, 5.74) is 0.853. The topological polar surface area (TPSA) is 95.9 Å². The lowest BCUT2D eigenvalue weighted by atomic mass is 10.0. The number of cyclic esters (lactones) is 1. The molecule has 1 aliphatic heterocycles. The maximum atomic E-state index is 11.4. The van der Waals surface area contributed by atoms with Gasteiger partial charge in [-0.3, -0.25) is 4.79 Å². The summed E-state index contributed by atoms with van der Waals surface area (Å²) in [6.45, 7) is 1.77. The fourth-order valence-corrected chi connectivity index (χ4v) is 2.25. The van der Waals surface area contributed by atoms with Crippen LogP contribution < -0.4 is 5.32 Å². The molecule has 1 heterocycles. The summed E-state index contributed by atoms with van der Waals surface area (Å²) in [6.07, 6.45) is 1.87. The van der Waals surface area contributed by atoms with Gasteiger partial charge in [-0.1, -0.05) is 12.2 Å². The molecule has 1 fully saturated rings. The van der Waals surface area contributed by atoms with E-state index in [4.69, 9.17) is 9.84 Å². The fraction of sp³-hybridized carbons (Fsp3) is 0.333. The minimum Gasteiger partial charge on any atom is -0.478 e. The number of hydrogen-bond acceptors (Lipinski definition) is 5. The van der Waals surface area contributed by atoms with Crippen LogP contribution in [0.15, 0.2) is 36.4 Å². The van der Waals surface area contributed by atoms with Gasteiger partial charge in [-0.2, -0.15) is 0 Å². The Bertz CT molecular complexity index is 552. The zero-order chi connectivity index (χ0) is 15.4. The van der Waals surface area contributed by atoms with E-state index in [1.165, 1.54) is 12.1 Å². The third-order valence-electron chi connectivity index (χ3n) is 3.26. The number of anilines is 1. The van der Waals surface area contributed by atoms with Crippen LogP contribution in [0, 0.1) is 0 Å². The summed E-state index contributed by atoms with van der Waals surface area (Å²) in [7, 11) is 0. The number of aromatic carboxylic acids is 1. The molecular weight excluding hydrogens is 274 g/mol. The number of rotatable bonds is 5. The first-order chi connectivity index (χ1) is 10.0. The number of esters is 1. The third kappa shape index (κ3) is 3.61. The maximum Gasteiger partial charge on any atom is 0.335 e. The van der Waals surface area contributed by atoms with Crippen LogP contribution in [0.1, 0.15) is 23.7 Å². The van der Waals surface area contributed by atoms with Crippen LogP contribution in [0.2, 0.25) is 0 Å². The highest BCUT2D eigenvalue weighted by Gasteiger charge is 2.38. The van der Waals surface area contributed by atoms with E-state index in [1.54, 1.807) is 31.2 Å². The van der Waals surface area contributed by atoms with E-state index in [0.29, 0.717) is 5.69 Å². The van der Waals surface area contributed by atoms with Gasteiger partial charge in [0.05, 0.1) is 18.0 Å². The largest absolute Gasteiger partial charge is 0.478 e. The fourth-order valence-electron chi connectivity index (χ4n) is 2.25. The molecular formula is C15H17NO5. The summed E-state index contributed by atoms with van der Waals surface area (Å²) in [6, 6.07) is 5.81. The van der Waals surface area contributed by atoms with Crippen LogP contribution >= 0.6 is 0 Å². The van der Waals surface area contributed by atoms with Crippen LogP contribution in [-0.4, -0.2) is 40.4 Å². The summed E-state index contributed by atoms with van der Waals surface area (Å²) in [5.74, 6) is -1.37. The van der Waals surface area contributed by atoms with E-state index in [2.05, 4.69) is 5.32 Å². The molecule has 6 nitrogen and oxygen atoms in total. The predicted octanol–water partition coefficient (Wildman–Crippen LogP) is 1.42. The van der Waals surface area contributed by atoms with Gasteiger partial charge in [0.15, 0.2) is 6.10 Å².